The summed E-state index contributed by atoms with van der Waals surface area (Å²) in [7, 11) is 0. The highest BCUT2D eigenvalue weighted by molar-refractivity contribution is 9.10. The van der Waals surface area contributed by atoms with Gasteiger partial charge in [-0.05, 0) is 60.9 Å². The summed E-state index contributed by atoms with van der Waals surface area (Å²) in [6.45, 7) is 7.06. The van der Waals surface area contributed by atoms with E-state index in [9.17, 15) is 0 Å². The van der Waals surface area contributed by atoms with Crippen LogP contribution in [0.3, 0.4) is 0 Å². The molecule has 1 aliphatic rings. The van der Waals surface area contributed by atoms with Gasteiger partial charge in [-0.2, -0.15) is 0 Å². The van der Waals surface area contributed by atoms with Crippen molar-refractivity contribution in [1.29, 1.82) is 0 Å². The number of nitrogens with zero attached hydrogens (tertiary/aromatic N) is 2. The minimum atomic E-state index is -0.324. The third kappa shape index (κ3) is 3.14. The van der Waals surface area contributed by atoms with Crippen molar-refractivity contribution in [1.82, 2.24) is 9.97 Å². The van der Waals surface area contributed by atoms with E-state index in [-0.39, 0.29) is 5.60 Å². The van der Waals surface area contributed by atoms with Crippen molar-refractivity contribution in [3.63, 3.8) is 0 Å². The fourth-order valence-corrected chi connectivity index (χ4v) is 3.23. The Kier molecular flexibility index (Phi) is 5.02. The van der Waals surface area contributed by atoms with Gasteiger partial charge in [0, 0.05) is 6.61 Å². The van der Waals surface area contributed by atoms with Gasteiger partial charge in [-0.3, -0.25) is 0 Å². The van der Waals surface area contributed by atoms with Crippen molar-refractivity contribution in [3.8, 4) is 0 Å². The van der Waals surface area contributed by atoms with Crippen LogP contribution in [0.25, 0.3) is 0 Å². The maximum absolute atomic E-state index is 6.07. The molecule has 1 aliphatic carbocycles. The van der Waals surface area contributed by atoms with Gasteiger partial charge in [0.2, 0.25) is 0 Å². The molecular weight excluding hydrogens is 318 g/mol. The highest BCUT2D eigenvalue weighted by Gasteiger charge is 2.39. The van der Waals surface area contributed by atoms with Gasteiger partial charge in [0.05, 0.1) is 10.2 Å². The van der Waals surface area contributed by atoms with E-state index in [2.05, 4.69) is 34.8 Å². The topological polar surface area (TPSA) is 61.0 Å². The molecular formula is C15H24BrN3O. The molecule has 1 aromatic rings. The Labute approximate surface area is 129 Å². The van der Waals surface area contributed by atoms with Crippen molar-refractivity contribution in [2.45, 2.75) is 58.5 Å². The van der Waals surface area contributed by atoms with Crippen LogP contribution in [0.5, 0.6) is 0 Å². The van der Waals surface area contributed by atoms with Crippen LogP contribution in [0.1, 0.15) is 58.0 Å². The van der Waals surface area contributed by atoms with Crippen LogP contribution in [0.15, 0.2) is 4.47 Å². The predicted octanol–water partition coefficient (Wildman–Crippen LogP) is 3.83. The fraction of sp³-hybridized carbons (Fsp3) is 0.733. The van der Waals surface area contributed by atoms with Gasteiger partial charge in [-0.25, -0.2) is 9.97 Å². The molecule has 1 fully saturated rings. The molecule has 0 bridgehead atoms. The van der Waals surface area contributed by atoms with Gasteiger partial charge in [0.25, 0.3) is 0 Å². The first-order valence-corrected chi connectivity index (χ1v) is 8.24. The zero-order valence-corrected chi connectivity index (χ0v) is 14.2. The van der Waals surface area contributed by atoms with Crippen molar-refractivity contribution in [3.05, 3.63) is 16.0 Å². The maximum atomic E-state index is 6.07. The number of ether oxygens (including phenoxy) is 1. The maximum Gasteiger partial charge on any atom is 0.162 e. The highest BCUT2D eigenvalue weighted by atomic mass is 79.9. The summed E-state index contributed by atoms with van der Waals surface area (Å²) >= 11 is 3.52. The van der Waals surface area contributed by atoms with Crippen LogP contribution >= 0.6 is 15.9 Å². The Balaban J connectivity index is 2.42. The zero-order valence-electron chi connectivity index (χ0n) is 12.6. The van der Waals surface area contributed by atoms with E-state index >= 15 is 0 Å². The molecule has 20 heavy (non-hydrogen) atoms. The fourth-order valence-electron chi connectivity index (χ4n) is 2.89. The van der Waals surface area contributed by atoms with Crippen LogP contribution in [-0.2, 0) is 16.8 Å². The monoisotopic (exact) mass is 341 g/mol. The molecule has 0 atom stereocenters. The van der Waals surface area contributed by atoms with Crippen molar-refractivity contribution >= 4 is 21.7 Å². The predicted molar refractivity (Wildman–Crippen MR) is 84.5 cm³/mol. The molecule has 5 heteroatoms. The average molecular weight is 342 g/mol. The summed E-state index contributed by atoms with van der Waals surface area (Å²) in [4.78, 5) is 9.29. The van der Waals surface area contributed by atoms with Crippen LogP contribution in [0, 0.1) is 5.92 Å². The molecule has 0 amide bonds. The number of hydrogen-bond acceptors (Lipinski definition) is 4. The molecule has 1 aromatic heterocycles. The third-order valence-corrected chi connectivity index (χ3v) is 4.65. The minimum Gasteiger partial charge on any atom is -0.383 e. The Hall–Kier alpha value is -0.680. The van der Waals surface area contributed by atoms with Crippen LogP contribution in [0.2, 0.25) is 0 Å². The Morgan fingerprint density at radius 2 is 1.95 bits per heavy atom. The van der Waals surface area contributed by atoms with Crippen LogP contribution < -0.4 is 5.73 Å². The summed E-state index contributed by atoms with van der Waals surface area (Å²) < 4.78 is 6.87. The molecule has 2 rings (SSSR count). The number of nitrogen functional groups attached to an aromatic ring is 1. The van der Waals surface area contributed by atoms with E-state index in [4.69, 9.17) is 15.5 Å². The molecule has 0 aliphatic heterocycles. The summed E-state index contributed by atoms with van der Waals surface area (Å²) in [6, 6.07) is 0. The summed E-state index contributed by atoms with van der Waals surface area (Å²) in [5.41, 5.74) is 6.74. The molecule has 1 heterocycles. The molecule has 4 nitrogen and oxygen atoms in total. The molecule has 0 unspecified atom stereocenters. The van der Waals surface area contributed by atoms with Gasteiger partial charge in [0.15, 0.2) is 5.82 Å². The van der Waals surface area contributed by atoms with E-state index in [1.54, 1.807) is 0 Å². The number of rotatable bonds is 5. The Bertz CT molecular complexity index is 470. The minimum absolute atomic E-state index is 0.324. The molecule has 112 valence electrons. The smallest absolute Gasteiger partial charge is 0.162 e. The van der Waals surface area contributed by atoms with Gasteiger partial charge in [0.1, 0.15) is 11.4 Å². The van der Waals surface area contributed by atoms with E-state index < -0.39 is 0 Å². The average Bonchev–Trinajstić information content (AvgIpc) is 2.84. The first kappa shape index (κ1) is 15.7. The van der Waals surface area contributed by atoms with Crippen LogP contribution in [0.4, 0.5) is 5.82 Å². The SMILES string of the molecule is CCOC1(c2nc(N)c(Br)c(CC(C)C)n2)CCCC1. The van der Waals surface area contributed by atoms with E-state index in [0.717, 1.165) is 35.3 Å². The zero-order chi connectivity index (χ0) is 14.8. The second kappa shape index (κ2) is 6.39. The molecule has 0 aromatic carbocycles. The standard InChI is InChI=1S/C15H24BrN3O/c1-4-20-15(7-5-6-8-15)14-18-11(9-10(2)3)12(16)13(17)19-14/h10H,4-9H2,1-3H3,(H2,17,18,19). The lowest BCUT2D eigenvalue weighted by atomic mass is 10.00. The Morgan fingerprint density at radius 3 is 2.50 bits per heavy atom. The quantitative estimate of drug-likeness (QED) is 0.884. The molecule has 0 saturated heterocycles. The summed E-state index contributed by atoms with van der Waals surface area (Å²) in [5.74, 6) is 1.82. The van der Waals surface area contributed by atoms with Gasteiger partial charge >= 0.3 is 0 Å². The lowest BCUT2D eigenvalue weighted by Crippen LogP contribution is -2.30. The second-order valence-corrected chi connectivity index (χ2v) is 6.72. The van der Waals surface area contributed by atoms with Gasteiger partial charge in [-0.15, -0.1) is 0 Å². The largest absolute Gasteiger partial charge is 0.383 e. The molecule has 1 saturated carbocycles. The van der Waals surface area contributed by atoms with Crippen molar-refractivity contribution in [2.24, 2.45) is 5.92 Å². The van der Waals surface area contributed by atoms with Crippen molar-refractivity contribution < 1.29 is 4.74 Å². The van der Waals surface area contributed by atoms with Crippen molar-refractivity contribution in [2.75, 3.05) is 12.3 Å². The summed E-state index contributed by atoms with van der Waals surface area (Å²) in [5, 5.41) is 0. The molecule has 2 N–H and O–H groups in total. The highest BCUT2D eigenvalue weighted by Crippen LogP contribution is 2.41. The number of aromatic nitrogens is 2. The van der Waals surface area contributed by atoms with Gasteiger partial charge in [-0.1, -0.05) is 13.8 Å². The normalized spacial score (nSPS) is 17.9. The Morgan fingerprint density at radius 1 is 1.30 bits per heavy atom. The van der Waals surface area contributed by atoms with Gasteiger partial charge < -0.3 is 10.5 Å². The molecule has 0 spiro atoms. The number of anilines is 1. The summed E-state index contributed by atoms with van der Waals surface area (Å²) in [6.07, 6.45) is 5.20. The van der Waals surface area contributed by atoms with E-state index in [1.807, 2.05) is 6.92 Å². The second-order valence-electron chi connectivity index (χ2n) is 5.93. The third-order valence-electron chi connectivity index (χ3n) is 3.79. The van der Waals surface area contributed by atoms with E-state index in [0.29, 0.717) is 18.3 Å². The van der Waals surface area contributed by atoms with E-state index in [1.165, 1.54) is 12.8 Å². The lowest BCUT2D eigenvalue weighted by Gasteiger charge is -2.28. The first-order valence-electron chi connectivity index (χ1n) is 7.45. The number of hydrogen-bond donors (Lipinski definition) is 1. The number of halogens is 1. The first-order chi connectivity index (χ1) is 9.48. The molecule has 0 radical (unpaired) electrons. The lowest BCUT2D eigenvalue weighted by molar-refractivity contribution is -0.0457. The van der Waals surface area contributed by atoms with Crippen LogP contribution in [-0.4, -0.2) is 16.6 Å². The number of nitrogens with two attached hydrogens (primary N) is 1.